The van der Waals surface area contributed by atoms with E-state index in [0.29, 0.717) is 5.92 Å². The Bertz CT molecular complexity index is 1490. The number of hydrogen-bond donors (Lipinski definition) is 0. The van der Waals surface area contributed by atoms with Crippen molar-refractivity contribution in [3.63, 3.8) is 0 Å². The summed E-state index contributed by atoms with van der Waals surface area (Å²) >= 11 is 0. The van der Waals surface area contributed by atoms with Crippen molar-refractivity contribution in [3.8, 4) is 28.1 Å². The number of nitrogens with zero attached hydrogens (tertiary/aromatic N) is 1. The van der Waals surface area contributed by atoms with Gasteiger partial charge in [0.05, 0.1) is 11.4 Å². The summed E-state index contributed by atoms with van der Waals surface area (Å²) in [6, 6.07) is 33.5. The highest BCUT2D eigenvalue weighted by molar-refractivity contribution is 5.95. The largest absolute Gasteiger partial charge is 0.312 e. The standard InChI is InChI=1S/C32H29N/c1-21(2)25-14-8-9-17-29(25)32-31-26(20-19-24-12-5-7-16-28(24)31)22(3)33(32)30-18-10-13-23-11-4-6-15-27(23)30/h4-18,21H,19-20H2,1-3H3. The number of rotatable bonds is 3. The average molecular weight is 428 g/mol. The highest BCUT2D eigenvalue weighted by Gasteiger charge is 2.29. The van der Waals surface area contributed by atoms with E-state index < -0.39 is 0 Å². The van der Waals surface area contributed by atoms with Crippen molar-refractivity contribution in [1.82, 2.24) is 4.57 Å². The Morgan fingerprint density at radius 1 is 0.697 bits per heavy atom. The van der Waals surface area contributed by atoms with Gasteiger partial charge in [0.25, 0.3) is 0 Å². The van der Waals surface area contributed by atoms with Crippen LogP contribution in [0.1, 0.15) is 42.1 Å². The summed E-state index contributed by atoms with van der Waals surface area (Å²) in [5.74, 6) is 0.451. The first kappa shape index (κ1) is 20.1. The summed E-state index contributed by atoms with van der Waals surface area (Å²) in [7, 11) is 0. The number of benzene rings is 4. The van der Waals surface area contributed by atoms with E-state index in [1.165, 1.54) is 61.2 Å². The summed E-state index contributed by atoms with van der Waals surface area (Å²) in [4.78, 5) is 0. The van der Waals surface area contributed by atoms with Gasteiger partial charge in [0.2, 0.25) is 0 Å². The fourth-order valence-electron chi connectivity index (χ4n) is 5.75. The van der Waals surface area contributed by atoms with Crippen LogP contribution in [-0.2, 0) is 12.8 Å². The number of fused-ring (bicyclic) bond motifs is 4. The van der Waals surface area contributed by atoms with Gasteiger partial charge >= 0.3 is 0 Å². The molecule has 1 heteroatoms. The first-order valence-corrected chi connectivity index (χ1v) is 12.0. The third-order valence-corrected chi connectivity index (χ3v) is 7.31. The van der Waals surface area contributed by atoms with Crippen LogP contribution in [0.15, 0.2) is 91.0 Å². The van der Waals surface area contributed by atoms with Gasteiger partial charge in [-0.15, -0.1) is 0 Å². The number of aryl methyl sites for hydroxylation is 1. The summed E-state index contributed by atoms with van der Waals surface area (Å²) in [5.41, 5.74) is 12.5. The smallest absolute Gasteiger partial charge is 0.0615 e. The van der Waals surface area contributed by atoms with E-state index in [0.717, 1.165) is 12.8 Å². The molecular formula is C32H29N. The Kier molecular flexibility index (Phi) is 4.73. The minimum atomic E-state index is 0.451. The molecule has 0 spiro atoms. The quantitative estimate of drug-likeness (QED) is 0.272. The van der Waals surface area contributed by atoms with Gasteiger partial charge in [-0.25, -0.2) is 0 Å². The molecule has 0 bridgehead atoms. The van der Waals surface area contributed by atoms with Crippen molar-refractivity contribution in [2.45, 2.75) is 39.5 Å². The SMILES string of the molecule is Cc1c2c(c(-c3ccccc3C(C)C)n1-c1cccc3ccccc13)-c1ccccc1CC2. The molecule has 0 atom stereocenters. The monoisotopic (exact) mass is 427 g/mol. The molecule has 0 N–H and O–H groups in total. The van der Waals surface area contributed by atoms with Gasteiger partial charge in [-0.2, -0.15) is 0 Å². The maximum atomic E-state index is 2.55. The molecule has 162 valence electrons. The summed E-state index contributed by atoms with van der Waals surface area (Å²) in [6.45, 7) is 6.92. The molecule has 33 heavy (non-hydrogen) atoms. The van der Waals surface area contributed by atoms with Gasteiger partial charge < -0.3 is 4.57 Å². The van der Waals surface area contributed by atoms with E-state index in [-0.39, 0.29) is 0 Å². The summed E-state index contributed by atoms with van der Waals surface area (Å²) in [6.07, 6.45) is 2.20. The molecule has 4 aromatic carbocycles. The van der Waals surface area contributed by atoms with Gasteiger partial charge in [-0.05, 0) is 59.4 Å². The average Bonchev–Trinajstić information content (AvgIpc) is 3.16. The molecule has 1 heterocycles. The minimum absolute atomic E-state index is 0.451. The van der Waals surface area contributed by atoms with E-state index in [1.54, 1.807) is 0 Å². The van der Waals surface area contributed by atoms with Crippen LogP contribution in [-0.4, -0.2) is 4.57 Å². The molecule has 1 aliphatic rings. The maximum Gasteiger partial charge on any atom is 0.0615 e. The molecule has 0 unspecified atom stereocenters. The minimum Gasteiger partial charge on any atom is -0.312 e. The Labute approximate surface area is 196 Å². The lowest BCUT2D eigenvalue weighted by Gasteiger charge is -2.21. The number of aromatic nitrogens is 1. The van der Waals surface area contributed by atoms with Crippen molar-refractivity contribution < 1.29 is 0 Å². The highest BCUT2D eigenvalue weighted by atomic mass is 15.0. The zero-order chi connectivity index (χ0) is 22.5. The maximum absolute atomic E-state index is 2.55. The Morgan fingerprint density at radius 2 is 1.39 bits per heavy atom. The summed E-state index contributed by atoms with van der Waals surface area (Å²) in [5, 5.41) is 2.58. The summed E-state index contributed by atoms with van der Waals surface area (Å²) < 4.78 is 2.55. The van der Waals surface area contributed by atoms with Crippen LogP contribution < -0.4 is 0 Å². The second-order valence-electron chi connectivity index (χ2n) is 9.52. The van der Waals surface area contributed by atoms with Crippen LogP contribution in [0.3, 0.4) is 0 Å². The normalized spacial score (nSPS) is 12.7. The molecule has 0 saturated heterocycles. The third kappa shape index (κ3) is 3.07. The van der Waals surface area contributed by atoms with Crippen LogP contribution >= 0.6 is 0 Å². The molecule has 6 rings (SSSR count). The number of hydrogen-bond acceptors (Lipinski definition) is 0. The van der Waals surface area contributed by atoms with Crippen LogP contribution in [0, 0.1) is 6.92 Å². The van der Waals surface area contributed by atoms with Crippen molar-refractivity contribution in [2.75, 3.05) is 0 Å². The molecule has 5 aromatic rings. The van der Waals surface area contributed by atoms with Crippen LogP contribution in [0.5, 0.6) is 0 Å². The zero-order valence-electron chi connectivity index (χ0n) is 19.6. The molecule has 0 fully saturated rings. The third-order valence-electron chi connectivity index (χ3n) is 7.31. The lowest BCUT2D eigenvalue weighted by atomic mass is 9.83. The molecule has 0 amide bonds. The van der Waals surface area contributed by atoms with E-state index in [1.807, 2.05) is 0 Å². The molecule has 1 aliphatic carbocycles. The van der Waals surface area contributed by atoms with E-state index in [2.05, 4.69) is 116 Å². The second kappa shape index (κ2) is 7.78. The van der Waals surface area contributed by atoms with Crippen molar-refractivity contribution in [2.24, 2.45) is 0 Å². The Morgan fingerprint density at radius 3 is 2.24 bits per heavy atom. The molecule has 0 saturated carbocycles. The fourth-order valence-corrected chi connectivity index (χ4v) is 5.75. The van der Waals surface area contributed by atoms with Gasteiger partial charge in [-0.3, -0.25) is 0 Å². The van der Waals surface area contributed by atoms with Crippen molar-refractivity contribution in [1.29, 1.82) is 0 Å². The van der Waals surface area contributed by atoms with Crippen molar-refractivity contribution in [3.05, 3.63) is 113 Å². The predicted molar refractivity (Wildman–Crippen MR) is 140 cm³/mol. The van der Waals surface area contributed by atoms with Crippen LogP contribution in [0.4, 0.5) is 0 Å². The Balaban J connectivity index is 1.78. The lowest BCUT2D eigenvalue weighted by molar-refractivity contribution is 0.866. The molecule has 1 aromatic heterocycles. The van der Waals surface area contributed by atoms with Gasteiger partial charge in [-0.1, -0.05) is 98.8 Å². The topological polar surface area (TPSA) is 4.93 Å². The lowest BCUT2D eigenvalue weighted by Crippen LogP contribution is -2.03. The Hall–Kier alpha value is -3.58. The van der Waals surface area contributed by atoms with Gasteiger partial charge in [0.1, 0.15) is 0 Å². The second-order valence-corrected chi connectivity index (χ2v) is 9.52. The van der Waals surface area contributed by atoms with E-state index in [4.69, 9.17) is 0 Å². The molecule has 0 radical (unpaired) electrons. The van der Waals surface area contributed by atoms with E-state index >= 15 is 0 Å². The molecular weight excluding hydrogens is 398 g/mol. The van der Waals surface area contributed by atoms with Crippen LogP contribution in [0.25, 0.3) is 38.8 Å². The molecule has 0 aliphatic heterocycles. The van der Waals surface area contributed by atoms with E-state index in [9.17, 15) is 0 Å². The highest BCUT2D eigenvalue weighted by Crippen LogP contribution is 2.47. The fraction of sp³-hybridized carbons (Fsp3) is 0.188. The van der Waals surface area contributed by atoms with Gasteiger partial charge in [0.15, 0.2) is 0 Å². The predicted octanol–water partition coefficient (Wildman–Crippen LogP) is 8.49. The van der Waals surface area contributed by atoms with Crippen molar-refractivity contribution >= 4 is 10.8 Å². The van der Waals surface area contributed by atoms with Gasteiger partial charge in [0, 0.05) is 22.2 Å². The first-order valence-electron chi connectivity index (χ1n) is 12.0. The molecule has 1 nitrogen and oxygen atoms in total. The first-order chi connectivity index (χ1) is 16.1. The van der Waals surface area contributed by atoms with Crippen LogP contribution in [0.2, 0.25) is 0 Å². The zero-order valence-corrected chi connectivity index (χ0v) is 19.6.